The topological polar surface area (TPSA) is 89.1 Å². The molecule has 0 aliphatic carbocycles. The van der Waals surface area contributed by atoms with Crippen molar-refractivity contribution in [2.45, 2.75) is 18.9 Å². The molecule has 25 heavy (non-hydrogen) atoms. The van der Waals surface area contributed by atoms with Crippen molar-refractivity contribution in [2.75, 3.05) is 19.6 Å². The zero-order chi connectivity index (χ0) is 16.8. The van der Waals surface area contributed by atoms with E-state index < -0.39 is 0 Å². The number of hydrogen-bond acceptors (Lipinski definition) is 6. The van der Waals surface area contributed by atoms with Gasteiger partial charge >= 0.3 is 0 Å². The van der Waals surface area contributed by atoms with E-state index in [1.165, 1.54) is 11.0 Å². The predicted octanol–water partition coefficient (Wildman–Crippen LogP) is 1.23. The maximum Gasteiger partial charge on any atom is 0.270 e. The Bertz CT molecular complexity index is 911. The number of hydrogen-bond donors (Lipinski definition) is 1. The van der Waals surface area contributed by atoms with Gasteiger partial charge in [-0.3, -0.25) is 9.78 Å². The van der Waals surface area contributed by atoms with E-state index in [0.717, 1.165) is 37.9 Å². The van der Waals surface area contributed by atoms with E-state index in [1.807, 2.05) is 6.07 Å². The average Bonchev–Trinajstić information content (AvgIpc) is 3.31. The van der Waals surface area contributed by atoms with Gasteiger partial charge in [-0.2, -0.15) is 9.78 Å². The maximum absolute atomic E-state index is 12.6. The maximum atomic E-state index is 12.6. The molecule has 1 atom stereocenters. The number of amides is 1. The fourth-order valence-electron chi connectivity index (χ4n) is 3.85. The zero-order valence-electron chi connectivity index (χ0n) is 13.6. The highest BCUT2D eigenvalue weighted by atomic mass is 16.4. The second-order valence-electron chi connectivity index (χ2n) is 6.75. The molecule has 6 rings (SSSR count). The quantitative estimate of drug-likeness (QED) is 0.773. The van der Waals surface area contributed by atoms with Gasteiger partial charge in [0, 0.05) is 36.3 Å². The number of carbonyl (C=O) groups excluding carboxylic acids is 1. The first-order chi connectivity index (χ1) is 12.3. The van der Waals surface area contributed by atoms with Crippen molar-refractivity contribution < 1.29 is 9.21 Å². The summed E-state index contributed by atoms with van der Waals surface area (Å²) in [6.45, 7) is 3.24. The number of pyridine rings is 1. The number of piperidine rings is 3. The fourth-order valence-corrected chi connectivity index (χ4v) is 3.85. The summed E-state index contributed by atoms with van der Waals surface area (Å²) >= 11 is 0. The molecule has 3 saturated heterocycles. The minimum atomic E-state index is -0.139. The van der Waals surface area contributed by atoms with Gasteiger partial charge in [-0.25, -0.2) is 4.98 Å². The van der Waals surface area contributed by atoms with Crippen molar-refractivity contribution >= 4 is 16.9 Å². The summed E-state index contributed by atoms with van der Waals surface area (Å²) in [5.74, 6) is 0.990. The van der Waals surface area contributed by atoms with Crippen molar-refractivity contribution in [1.82, 2.24) is 30.0 Å². The molecule has 6 heterocycles. The molecule has 3 aromatic heterocycles. The van der Waals surface area contributed by atoms with Crippen LogP contribution in [0.2, 0.25) is 0 Å². The molecule has 1 amide bonds. The summed E-state index contributed by atoms with van der Waals surface area (Å²) < 4.78 is 7.31. The van der Waals surface area contributed by atoms with Gasteiger partial charge < -0.3 is 14.6 Å². The van der Waals surface area contributed by atoms with Crippen LogP contribution in [0.3, 0.4) is 0 Å². The van der Waals surface area contributed by atoms with E-state index in [4.69, 9.17) is 4.42 Å². The van der Waals surface area contributed by atoms with Crippen molar-refractivity contribution in [3.63, 3.8) is 0 Å². The number of nitrogens with zero attached hydrogens (tertiary/aromatic N) is 5. The molecule has 0 unspecified atom stereocenters. The van der Waals surface area contributed by atoms with Gasteiger partial charge in [0.25, 0.3) is 5.91 Å². The highest BCUT2D eigenvalue weighted by molar-refractivity contribution is 5.95. The second-order valence-corrected chi connectivity index (χ2v) is 6.75. The minimum Gasteiger partial charge on any atom is -0.438 e. The molecule has 3 fully saturated rings. The Hall–Kier alpha value is -2.74. The van der Waals surface area contributed by atoms with Gasteiger partial charge in [-0.1, -0.05) is 0 Å². The molecule has 0 saturated carbocycles. The molecular weight excluding hydrogens is 320 g/mol. The zero-order valence-corrected chi connectivity index (χ0v) is 13.6. The third-order valence-electron chi connectivity index (χ3n) is 5.24. The van der Waals surface area contributed by atoms with E-state index in [9.17, 15) is 4.79 Å². The van der Waals surface area contributed by atoms with Crippen LogP contribution in [0.1, 0.15) is 23.3 Å². The summed E-state index contributed by atoms with van der Waals surface area (Å²) in [6.07, 6.45) is 6.99. The molecule has 3 aliphatic heterocycles. The number of fused-ring (bicyclic) bond motifs is 4. The Kier molecular flexibility index (Phi) is 3.30. The molecule has 3 aliphatic rings. The fraction of sp³-hybridized carbons (Fsp3) is 0.412. The van der Waals surface area contributed by atoms with E-state index in [2.05, 4.69) is 25.3 Å². The van der Waals surface area contributed by atoms with Crippen LogP contribution >= 0.6 is 0 Å². The van der Waals surface area contributed by atoms with Crippen LogP contribution in [0.15, 0.2) is 35.4 Å². The largest absolute Gasteiger partial charge is 0.438 e. The summed E-state index contributed by atoms with van der Waals surface area (Å²) in [5, 5.41) is 8.02. The lowest BCUT2D eigenvalue weighted by Crippen LogP contribution is -2.57. The van der Waals surface area contributed by atoms with E-state index >= 15 is 0 Å². The van der Waals surface area contributed by atoms with Crippen molar-refractivity contribution in [1.29, 1.82) is 0 Å². The Morgan fingerprint density at radius 2 is 2.16 bits per heavy atom. The lowest BCUT2D eigenvalue weighted by atomic mass is 9.84. The lowest BCUT2D eigenvalue weighted by Gasteiger charge is -2.44. The number of nitrogens with one attached hydrogen (secondary N) is 1. The molecule has 8 heteroatoms. The second kappa shape index (κ2) is 5.66. The molecule has 3 aromatic rings. The predicted molar refractivity (Wildman–Crippen MR) is 89.3 cm³/mol. The molecule has 1 N–H and O–H groups in total. The average molecular weight is 338 g/mol. The van der Waals surface area contributed by atoms with Crippen molar-refractivity contribution in [3.05, 3.63) is 36.7 Å². The minimum absolute atomic E-state index is 0.139. The Balaban J connectivity index is 1.38. The van der Waals surface area contributed by atoms with Gasteiger partial charge in [0.05, 0.1) is 0 Å². The van der Waals surface area contributed by atoms with Crippen LogP contribution in [0.4, 0.5) is 0 Å². The van der Waals surface area contributed by atoms with Gasteiger partial charge in [-0.15, -0.1) is 0 Å². The van der Waals surface area contributed by atoms with Gasteiger partial charge in [-0.05, 0) is 31.8 Å². The lowest BCUT2D eigenvalue weighted by molar-refractivity contribution is 0.0618. The van der Waals surface area contributed by atoms with Gasteiger partial charge in [0.15, 0.2) is 0 Å². The van der Waals surface area contributed by atoms with Crippen molar-refractivity contribution in [3.8, 4) is 5.88 Å². The molecule has 0 radical (unpaired) electrons. The van der Waals surface area contributed by atoms with Crippen molar-refractivity contribution in [2.24, 2.45) is 5.92 Å². The third-order valence-corrected chi connectivity index (χ3v) is 5.24. The van der Waals surface area contributed by atoms with Crippen LogP contribution in [-0.2, 0) is 0 Å². The first kappa shape index (κ1) is 14.6. The highest BCUT2D eigenvalue weighted by Crippen LogP contribution is 2.28. The summed E-state index contributed by atoms with van der Waals surface area (Å²) in [7, 11) is 0. The standard InChI is InChI=1S/C17H18N6O2/c24-17(21-14-8-22-3-1-11(14)2-4-22)13-6-15-12(7-19-13)5-16(25-15)23-10-18-9-20-23/h5-7,9-11,14H,1-4,8H2,(H,21,24)/t14-/m0/s1. The summed E-state index contributed by atoms with van der Waals surface area (Å²) in [5.41, 5.74) is 0.989. The van der Waals surface area contributed by atoms with Gasteiger partial charge in [0.2, 0.25) is 5.88 Å². The Morgan fingerprint density at radius 1 is 1.28 bits per heavy atom. The van der Waals surface area contributed by atoms with Crippen LogP contribution in [0.25, 0.3) is 16.9 Å². The van der Waals surface area contributed by atoms with Crippen LogP contribution in [0, 0.1) is 5.92 Å². The molecular formula is C17H18N6O2. The molecule has 0 aromatic carbocycles. The highest BCUT2D eigenvalue weighted by Gasteiger charge is 2.35. The molecule has 0 spiro atoms. The van der Waals surface area contributed by atoms with E-state index in [-0.39, 0.29) is 11.9 Å². The Labute approximate surface area is 143 Å². The van der Waals surface area contributed by atoms with E-state index in [0.29, 0.717) is 23.1 Å². The first-order valence-electron chi connectivity index (χ1n) is 8.54. The number of rotatable bonds is 3. The first-order valence-corrected chi connectivity index (χ1v) is 8.54. The molecule has 128 valence electrons. The Morgan fingerprint density at radius 3 is 2.88 bits per heavy atom. The molecule has 8 nitrogen and oxygen atoms in total. The summed E-state index contributed by atoms with van der Waals surface area (Å²) in [6, 6.07) is 3.73. The van der Waals surface area contributed by atoms with Crippen LogP contribution in [-0.4, -0.2) is 56.2 Å². The van der Waals surface area contributed by atoms with E-state index in [1.54, 1.807) is 18.6 Å². The third kappa shape index (κ3) is 2.58. The van der Waals surface area contributed by atoms with Crippen LogP contribution in [0.5, 0.6) is 0 Å². The normalized spacial score (nSPS) is 25.4. The number of aromatic nitrogens is 4. The van der Waals surface area contributed by atoms with Crippen LogP contribution < -0.4 is 5.32 Å². The molecule has 2 bridgehead atoms. The number of carbonyl (C=O) groups is 1. The SMILES string of the molecule is O=C(N[C@H]1CN2CCC1CC2)c1cc2oc(-n3cncn3)cc2cn1. The summed E-state index contributed by atoms with van der Waals surface area (Å²) in [4.78, 5) is 23.2. The number of furan rings is 1. The smallest absolute Gasteiger partial charge is 0.270 e. The monoisotopic (exact) mass is 338 g/mol. The van der Waals surface area contributed by atoms with Gasteiger partial charge in [0.1, 0.15) is 23.9 Å².